The third-order valence-corrected chi connectivity index (χ3v) is 3.54. The molecule has 4 nitrogen and oxygen atoms in total. The lowest BCUT2D eigenvalue weighted by molar-refractivity contribution is -0.141. The number of ether oxygens (including phenoxy) is 3. The lowest BCUT2D eigenvalue weighted by Gasteiger charge is -2.21. The van der Waals surface area contributed by atoms with Crippen molar-refractivity contribution in [3.8, 4) is 23.8 Å². The van der Waals surface area contributed by atoms with Gasteiger partial charge in [0.1, 0.15) is 16.9 Å². The number of rotatable bonds is 7. The van der Waals surface area contributed by atoms with Gasteiger partial charge in [0.2, 0.25) is 6.29 Å². The minimum absolute atomic E-state index is 0.225. The molecule has 1 rings (SSSR count). The fourth-order valence-electron chi connectivity index (χ4n) is 1.70. The van der Waals surface area contributed by atoms with E-state index >= 15 is 0 Å². The smallest absolute Gasteiger partial charge is 0.329 e. The lowest BCUT2D eigenvalue weighted by atomic mass is 9.89. The highest BCUT2D eigenvalue weighted by Gasteiger charge is 2.31. The fourth-order valence-corrected chi connectivity index (χ4v) is 1.70. The first kappa shape index (κ1) is 22.0. The fraction of sp³-hybridized carbons (Fsp3) is 0.550. The first-order valence-electron chi connectivity index (χ1n) is 8.35. The van der Waals surface area contributed by atoms with Gasteiger partial charge in [-0.1, -0.05) is 40.5 Å². The van der Waals surface area contributed by atoms with Crippen LogP contribution in [-0.2, 0) is 9.53 Å². The molecule has 0 aliphatic rings. The Morgan fingerprint density at radius 1 is 1.21 bits per heavy atom. The zero-order valence-corrected chi connectivity index (χ0v) is 15.9. The molecule has 24 heavy (non-hydrogen) atoms. The van der Waals surface area contributed by atoms with Crippen LogP contribution in [0.5, 0.6) is 11.5 Å². The third kappa shape index (κ3) is 6.25. The van der Waals surface area contributed by atoms with Crippen LogP contribution in [-0.4, -0.2) is 19.4 Å². The van der Waals surface area contributed by atoms with Gasteiger partial charge in [-0.15, -0.1) is 6.42 Å². The molecule has 0 aromatic heterocycles. The highest BCUT2D eigenvalue weighted by atomic mass is 16.7. The monoisotopic (exact) mass is 334 g/mol. The summed E-state index contributed by atoms with van der Waals surface area (Å²) in [5.41, 5.74) is -0.909. The Hall–Kier alpha value is -1.99. The molecule has 0 heterocycles. The van der Waals surface area contributed by atoms with E-state index in [1.54, 1.807) is 38.3 Å². The van der Waals surface area contributed by atoms with Gasteiger partial charge in [-0.05, 0) is 37.6 Å². The molecule has 0 bridgehead atoms. The van der Waals surface area contributed by atoms with E-state index in [-0.39, 0.29) is 12.2 Å². The molecule has 1 aromatic rings. The van der Waals surface area contributed by atoms with Gasteiger partial charge in [-0.2, -0.15) is 0 Å². The van der Waals surface area contributed by atoms with Crippen molar-refractivity contribution in [1.82, 2.24) is 0 Å². The van der Waals surface area contributed by atoms with Crippen molar-refractivity contribution < 1.29 is 19.0 Å². The molecule has 0 saturated heterocycles. The van der Waals surface area contributed by atoms with Crippen LogP contribution in [0.4, 0.5) is 0 Å². The number of carbonyl (C=O) groups is 1. The van der Waals surface area contributed by atoms with Gasteiger partial charge < -0.3 is 14.2 Å². The minimum atomic E-state index is -0.909. The Morgan fingerprint density at radius 2 is 1.71 bits per heavy atom. The van der Waals surface area contributed by atoms with E-state index in [0.29, 0.717) is 17.9 Å². The maximum Gasteiger partial charge on any atom is 0.329 e. The second-order valence-corrected chi connectivity index (χ2v) is 5.66. The van der Waals surface area contributed by atoms with E-state index in [0.717, 1.165) is 0 Å². The van der Waals surface area contributed by atoms with E-state index in [2.05, 4.69) is 5.92 Å². The average Bonchev–Trinajstić information content (AvgIpc) is 2.61. The van der Waals surface area contributed by atoms with E-state index in [1.807, 2.05) is 34.6 Å². The second-order valence-electron chi connectivity index (χ2n) is 5.66. The molecule has 0 aliphatic heterocycles. The summed E-state index contributed by atoms with van der Waals surface area (Å²) in [5, 5.41) is 0. The van der Waals surface area contributed by atoms with Crippen molar-refractivity contribution in [1.29, 1.82) is 0 Å². The summed E-state index contributed by atoms with van der Waals surface area (Å²) < 4.78 is 16.3. The molecular weight excluding hydrogens is 304 g/mol. The summed E-state index contributed by atoms with van der Waals surface area (Å²) >= 11 is 0. The Bertz CT molecular complexity index is 528. The number of hydrogen-bond donors (Lipinski definition) is 0. The highest BCUT2D eigenvalue weighted by Crippen LogP contribution is 2.25. The molecule has 0 amide bonds. The maximum atomic E-state index is 12.1. The summed E-state index contributed by atoms with van der Waals surface area (Å²) in [4.78, 5) is 12.1. The van der Waals surface area contributed by atoms with Gasteiger partial charge in [0.15, 0.2) is 0 Å². The van der Waals surface area contributed by atoms with E-state index in [1.165, 1.54) is 0 Å². The average molecular weight is 334 g/mol. The molecule has 0 spiro atoms. The van der Waals surface area contributed by atoms with E-state index in [9.17, 15) is 4.79 Å². The first-order valence-corrected chi connectivity index (χ1v) is 8.35. The molecule has 0 aliphatic carbocycles. The van der Waals surface area contributed by atoms with Gasteiger partial charge in [-0.3, -0.25) is 4.79 Å². The molecular formula is C20H30O4. The number of carbonyl (C=O) groups excluding carboxylic acids is 1. The normalized spacial score (nSPS) is 13.8. The topological polar surface area (TPSA) is 44.8 Å². The van der Waals surface area contributed by atoms with Gasteiger partial charge >= 0.3 is 5.97 Å². The van der Waals surface area contributed by atoms with Crippen LogP contribution in [0.1, 0.15) is 48.0 Å². The molecule has 0 saturated carbocycles. The quantitative estimate of drug-likeness (QED) is 0.314. The van der Waals surface area contributed by atoms with Crippen molar-refractivity contribution in [3.63, 3.8) is 0 Å². The van der Waals surface area contributed by atoms with E-state index < -0.39 is 11.4 Å². The summed E-state index contributed by atoms with van der Waals surface area (Å²) in [7, 11) is 1.60. The van der Waals surface area contributed by atoms with Crippen molar-refractivity contribution >= 4 is 5.97 Å². The van der Waals surface area contributed by atoms with Gasteiger partial charge in [0.25, 0.3) is 0 Å². The zero-order chi connectivity index (χ0) is 18.8. The maximum absolute atomic E-state index is 12.1. The van der Waals surface area contributed by atoms with Crippen molar-refractivity contribution in [2.75, 3.05) is 7.11 Å². The number of benzene rings is 1. The molecule has 2 atom stereocenters. The predicted molar refractivity (Wildman–Crippen MR) is 96.9 cm³/mol. The number of hydrogen-bond acceptors (Lipinski definition) is 4. The molecule has 0 N–H and O–H groups in total. The summed E-state index contributed by atoms with van der Waals surface area (Å²) in [6.45, 7) is 11.6. The van der Waals surface area contributed by atoms with Crippen LogP contribution in [0.15, 0.2) is 24.3 Å². The summed E-state index contributed by atoms with van der Waals surface area (Å²) in [6, 6.07) is 6.81. The molecule has 4 heteroatoms. The summed E-state index contributed by atoms with van der Waals surface area (Å²) in [5.74, 6) is 3.37. The van der Waals surface area contributed by atoms with Gasteiger partial charge in [0.05, 0.1) is 0 Å². The highest BCUT2D eigenvalue weighted by molar-refractivity contribution is 5.82. The van der Waals surface area contributed by atoms with E-state index in [4.69, 9.17) is 20.6 Å². The standard InChI is InChI=1S/C18H24O4.C2H6/c1-7-18(5,8-2)17(19)22-15-11-9-14(10-12-15)21-16(20-6)13(3)4;1-2/h1,9-13,16H,8H2,2-6H3;1-2H3. The van der Waals surface area contributed by atoms with Crippen LogP contribution in [0.3, 0.4) is 0 Å². The number of esters is 1. The van der Waals surface area contributed by atoms with Gasteiger partial charge in [-0.25, -0.2) is 0 Å². The Balaban J connectivity index is 0.00000254. The largest absolute Gasteiger partial charge is 0.465 e. The number of methoxy groups -OCH3 is 1. The van der Waals surface area contributed by atoms with Crippen molar-refractivity contribution in [2.45, 2.75) is 54.3 Å². The van der Waals surface area contributed by atoms with Crippen LogP contribution in [0.25, 0.3) is 0 Å². The lowest BCUT2D eigenvalue weighted by Crippen LogP contribution is -2.29. The van der Waals surface area contributed by atoms with Gasteiger partial charge in [0, 0.05) is 13.0 Å². The minimum Gasteiger partial charge on any atom is -0.465 e. The Labute approximate surface area is 146 Å². The van der Waals surface area contributed by atoms with Crippen LogP contribution >= 0.6 is 0 Å². The molecule has 0 fully saturated rings. The van der Waals surface area contributed by atoms with Crippen LogP contribution in [0, 0.1) is 23.7 Å². The van der Waals surface area contributed by atoms with Crippen LogP contribution < -0.4 is 9.47 Å². The third-order valence-electron chi connectivity index (χ3n) is 3.54. The Kier molecular flexibility index (Phi) is 9.83. The second kappa shape index (κ2) is 10.7. The zero-order valence-electron chi connectivity index (χ0n) is 15.9. The molecule has 1 aromatic carbocycles. The van der Waals surface area contributed by atoms with Crippen molar-refractivity contribution in [2.24, 2.45) is 11.3 Å². The number of terminal acetylenes is 1. The molecule has 134 valence electrons. The summed E-state index contributed by atoms with van der Waals surface area (Å²) in [6.07, 6.45) is 5.61. The molecule has 0 radical (unpaired) electrons. The predicted octanol–water partition coefficient (Wildman–Crippen LogP) is 4.68. The van der Waals surface area contributed by atoms with Crippen molar-refractivity contribution in [3.05, 3.63) is 24.3 Å². The molecule has 2 unspecified atom stereocenters. The Morgan fingerprint density at radius 3 is 2.08 bits per heavy atom. The SMILES string of the molecule is C#CC(C)(CC)C(=O)Oc1ccc(OC(OC)C(C)C)cc1.CC. The first-order chi connectivity index (χ1) is 11.4. The van der Waals surface area contributed by atoms with Crippen LogP contribution in [0.2, 0.25) is 0 Å².